The molecule has 0 unspecified atom stereocenters. The van der Waals surface area contributed by atoms with Crippen LogP contribution in [0.2, 0.25) is 0 Å². The van der Waals surface area contributed by atoms with Crippen LogP contribution in [-0.2, 0) is 4.74 Å². The highest BCUT2D eigenvalue weighted by molar-refractivity contribution is 5.47. The number of nitrogens with zero attached hydrogens (tertiary/aromatic N) is 2. The van der Waals surface area contributed by atoms with Gasteiger partial charge in [0.05, 0.1) is 0 Å². The largest absolute Gasteiger partial charge is 0.381 e. The van der Waals surface area contributed by atoms with Crippen LogP contribution in [0.4, 0.5) is 11.6 Å². The molecule has 106 valence electrons. The molecule has 0 saturated carbocycles. The normalized spacial score (nSPS) is 16.6. The fourth-order valence-corrected chi connectivity index (χ4v) is 2.09. The molecule has 1 aliphatic heterocycles. The van der Waals surface area contributed by atoms with Gasteiger partial charge in [0.2, 0.25) is 0 Å². The van der Waals surface area contributed by atoms with Crippen LogP contribution in [0.15, 0.2) is 6.07 Å². The van der Waals surface area contributed by atoms with E-state index in [0.717, 1.165) is 44.2 Å². The van der Waals surface area contributed by atoms with Crippen molar-refractivity contribution in [2.24, 2.45) is 11.8 Å². The lowest BCUT2D eigenvalue weighted by atomic mass is 10.0. The molecule has 1 fully saturated rings. The highest BCUT2D eigenvalue weighted by Crippen LogP contribution is 2.19. The Morgan fingerprint density at radius 3 is 2.63 bits per heavy atom. The summed E-state index contributed by atoms with van der Waals surface area (Å²) >= 11 is 0. The summed E-state index contributed by atoms with van der Waals surface area (Å²) in [4.78, 5) is 8.86. The highest BCUT2D eigenvalue weighted by Gasteiger charge is 2.14. The lowest BCUT2D eigenvalue weighted by Crippen LogP contribution is -2.23. The van der Waals surface area contributed by atoms with Crippen LogP contribution in [0.5, 0.6) is 0 Å². The summed E-state index contributed by atoms with van der Waals surface area (Å²) in [7, 11) is 0. The Labute approximate surface area is 114 Å². The summed E-state index contributed by atoms with van der Waals surface area (Å²) < 4.78 is 5.36. The van der Waals surface area contributed by atoms with Crippen LogP contribution >= 0.6 is 0 Å². The smallest absolute Gasteiger partial charge is 0.145 e. The lowest BCUT2D eigenvalue weighted by molar-refractivity contribution is 0.0699. The third-order valence-electron chi connectivity index (χ3n) is 3.32. The van der Waals surface area contributed by atoms with Crippen LogP contribution in [0.25, 0.3) is 0 Å². The van der Waals surface area contributed by atoms with Crippen LogP contribution in [0.3, 0.4) is 0 Å². The van der Waals surface area contributed by atoms with Crippen LogP contribution in [0.1, 0.15) is 38.4 Å². The second kappa shape index (κ2) is 6.68. The van der Waals surface area contributed by atoms with Gasteiger partial charge in [0.15, 0.2) is 0 Å². The second-order valence-electron chi connectivity index (χ2n) is 5.23. The summed E-state index contributed by atoms with van der Waals surface area (Å²) in [6.07, 6.45) is 2.22. The summed E-state index contributed by atoms with van der Waals surface area (Å²) in [6, 6.07) is 1.84. The van der Waals surface area contributed by atoms with Crippen LogP contribution < -0.4 is 16.6 Å². The predicted octanol–water partition coefficient (Wildman–Crippen LogP) is 1.72. The Bertz CT molecular complexity index is 404. The zero-order valence-corrected chi connectivity index (χ0v) is 11.6. The Morgan fingerprint density at radius 2 is 2.00 bits per heavy atom. The number of aromatic nitrogens is 2. The number of ether oxygens (including phenoxy) is 1. The summed E-state index contributed by atoms with van der Waals surface area (Å²) in [5.41, 5.74) is 2.59. The minimum atomic E-state index is 0.275. The summed E-state index contributed by atoms with van der Waals surface area (Å²) in [6.45, 7) is 6.78. The number of hydrogen-bond acceptors (Lipinski definition) is 6. The number of anilines is 2. The third-order valence-corrected chi connectivity index (χ3v) is 3.32. The van der Waals surface area contributed by atoms with E-state index in [-0.39, 0.29) is 5.92 Å². The first kappa shape index (κ1) is 14.0. The first-order valence-electron chi connectivity index (χ1n) is 6.86. The van der Waals surface area contributed by atoms with Crippen molar-refractivity contribution < 1.29 is 4.74 Å². The maximum absolute atomic E-state index is 5.44. The van der Waals surface area contributed by atoms with Gasteiger partial charge in [-0.15, -0.1) is 0 Å². The van der Waals surface area contributed by atoms with Gasteiger partial charge in [-0.25, -0.2) is 15.8 Å². The van der Waals surface area contributed by atoms with Gasteiger partial charge in [-0.05, 0) is 18.8 Å². The molecule has 0 aliphatic carbocycles. The first-order valence-corrected chi connectivity index (χ1v) is 6.86. The molecule has 4 N–H and O–H groups in total. The second-order valence-corrected chi connectivity index (χ2v) is 5.23. The molecule has 1 aromatic heterocycles. The van der Waals surface area contributed by atoms with E-state index in [2.05, 4.69) is 34.6 Å². The Kier molecular flexibility index (Phi) is 4.93. The molecule has 1 aromatic rings. The van der Waals surface area contributed by atoms with Crippen molar-refractivity contribution in [1.29, 1.82) is 0 Å². The molecule has 1 aliphatic rings. The highest BCUT2D eigenvalue weighted by atomic mass is 16.5. The molecule has 0 amide bonds. The van der Waals surface area contributed by atoms with Crippen molar-refractivity contribution >= 4 is 11.6 Å². The zero-order chi connectivity index (χ0) is 13.7. The van der Waals surface area contributed by atoms with E-state index in [4.69, 9.17) is 10.6 Å². The molecule has 19 heavy (non-hydrogen) atoms. The molecule has 2 rings (SSSR count). The Hall–Kier alpha value is -1.40. The standard InChI is InChI=1S/C13H23N5O/c1-9(2)13-16-11(7-12(17-13)18-14)15-8-10-3-5-19-6-4-10/h7,9-10H,3-6,8,14H2,1-2H3,(H2,15,16,17,18). The number of rotatable bonds is 5. The molecule has 0 spiro atoms. The van der Waals surface area contributed by atoms with E-state index in [1.165, 1.54) is 0 Å². The average molecular weight is 265 g/mol. The van der Waals surface area contributed by atoms with Gasteiger partial charge < -0.3 is 15.5 Å². The molecule has 0 bridgehead atoms. The fraction of sp³-hybridized carbons (Fsp3) is 0.692. The lowest BCUT2D eigenvalue weighted by Gasteiger charge is -2.22. The van der Waals surface area contributed by atoms with Crippen LogP contribution in [-0.4, -0.2) is 29.7 Å². The zero-order valence-electron chi connectivity index (χ0n) is 11.6. The first-order chi connectivity index (χ1) is 9.19. The van der Waals surface area contributed by atoms with E-state index in [9.17, 15) is 0 Å². The molecule has 6 heteroatoms. The fourth-order valence-electron chi connectivity index (χ4n) is 2.09. The molecular formula is C13H23N5O. The van der Waals surface area contributed by atoms with E-state index < -0.39 is 0 Å². The monoisotopic (exact) mass is 265 g/mol. The number of hydrazine groups is 1. The van der Waals surface area contributed by atoms with Gasteiger partial charge in [0, 0.05) is 31.7 Å². The predicted molar refractivity (Wildman–Crippen MR) is 76.0 cm³/mol. The molecule has 0 radical (unpaired) electrons. The molecule has 0 atom stereocenters. The van der Waals surface area contributed by atoms with Crippen LogP contribution in [0, 0.1) is 5.92 Å². The van der Waals surface area contributed by atoms with Gasteiger partial charge in [-0.2, -0.15) is 0 Å². The SMILES string of the molecule is CC(C)c1nc(NN)cc(NCC2CCOCC2)n1. The van der Waals surface area contributed by atoms with Crippen molar-refractivity contribution in [3.63, 3.8) is 0 Å². The third kappa shape index (κ3) is 4.04. The van der Waals surface area contributed by atoms with E-state index in [0.29, 0.717) is 11.7 Å². The van der Waals surface area contributed by atoms with Gasteiger partial charge in [-0.3, -0.25) is 0 Å². The molecular weight excluding hydrogens is 242 g/mol. The molecule has 2 heterocycles. The van der Waals surface area contributed by atoms with E-state index in [1.807, 2.05) is 6.07 Å². The van der Waals surface area contributed by atoms with Gasteiger partial charge in [0.25, 0.3) is 0 Å². The van der Waals surface area contributed by atoms with Gasteiger partial charge >= 0.3 is 0 Å². The minimum Gasteiger partial charge on any atom is -0.381 e. The van der Waals surface area contributed by atoms with Crippen molar-refractivity contribution in [3.05, 3.63) is 11.9 Å². The average Bonchev–Trinajstić information content (AvgIpc) is 2.45. The van der Waals surface area contributed by atoms with Crippen molar-refractivity contribution in [3.8, 4) is 0 Å². The molecule has 6 nitrogen and oxygen atoms in total. The van der Waals surface area contributed by atoms with E-state index in [1.54, 1.807) is 0 Å². The maximum atomic E-state index is 5.44. The Balaban J connectivity index is 2.00. The quantitative estimate of drug-likeness (QED) is 0.555. The maximum Gasteiger partial charge on any atom is 0.145 e. The van der Waals surface area contributed by atoms with Gasteiger partial charge in [-0.1, -0.05) is 13.8 Å². The van der Waals surface area contributed by atoms with Crippen molar-refractivity contribution in [2.75, 3.05) is 30.5 Å². The van der Waals surface area contributed by atoms with Gasteiger partial charge in [0.1, 0.15) is 17.5 Å². The molecule has 1 saturated heterocycles. The minimum absolute atomic E-state index is 0.275. The molecule has 0 aromatic carbocycles. The van der Waals surface area contributed by atoms with E-state index >= 15 is 0 Å². The number of nitrogen functional groups attached to an aromatic ring is 1. The topological polar surface area (TPSA) is 85.1 Å². The number of nitrogens with two attached hydrogens (primary N) is 1. The summed E-state index contributed by atoms with van der Waals surface area (Å²) in [5, 5.41) is 3.38. The Morgan fingerprint density at radius 1 is 1.32 bits per heavy atom. The summed E-state index contributed by atoms with van der Waals surface area (Å²) in [5.74, 6) is 8.64. The van der Waals surface area contributed by atoms with Crippen molar-refractivity contribution in [2.45, 2.75) is 32.6 Å². The number of nitrogens with one attached hydrogen (secondary N) is 2. The van der Waals surface area contributed by atoms with Crippen molar-refractivity contribution in [1.82, 2.24) is 9.97 Å². The number of hydrogen-bond donors (Lipinski definition) is 3.